The largest absolute Gasteiger partial charge is 0.368 e. The molecular formula is C11H16N2O. The van der Waals surface area contributed by atoms with Crippen LogP contribution in [0.25, 0.3) is 0 Å². The van der Waals surface area contributed by atoms with Crippen LogP contribution in [0.3, 0.4) is 0 Å². The molecule has 0 radical (unpaired) electrons. The number of pyridine rings is 1. The Morgan fingerprint density at radius 1 is 1.57 bits per heavy atom. The van der Waals surface area contributed by atoms with Gasteiger partial charge in [-0.3, -0.25) is 4.98 Å². The van der Waals surface area contributed by atoms with E-state index in [4.69, 9.17) is 4.74 Å². The second-order valence-electron chi connectivity index (χ2n) is 3.65. The standard InChI is InChI=1S/C11H16N2O/c1-9(11-4-2-3-6-13-11)14-10-5-7-12-8-10/h2-4,6,9-10,12H,5,7-8H2,1H3/t9-,10-/m0/s1. The summed E-state index contributed by atoms with van der Waals surface area (Å²) in [5.41, 5.74) is 1.01. The number of hydrogen-bond acceptors (Lipinski definition) is 3. The highest BCUT2D eigenvalue weighted by Crippen LogP contribution is 2.18. The van der Waals surface area contributed by atoms with Gasteiger partial charge in [-0.15, -0.1) is 0 Å². The molecule has 0 aliphatic carbocycles. The summed E-state index contributed by atoms with van der Waals surface area (Å²) in [5.74, 6) is 0. The van der Waals surface area contributed by atoms with Crippen molar-refractivity contribution in [3.8, 4) is 0 Å². The van der Waals surface area contributed by atoms with Gasteiger partial charge in [-0.1, -0.05) is 6.07 Å². The van der Waals surface area contributed by atoms with Crippen molar-refractivity contribution in [1.29, 1.82) is 0 Å². The van der Waals surface area contributed by atoms with E-state index >= 15 is 0 Å². The van der Waals surface area contributed by atoms with Crippen LogP contribution in [0.4, 0.5) is 0 Å². The molecule has 0 unspecified atom stereocenters. The molecule has 1 N–H and O–H groups in total. The molecule has 1 aliphatic rings. The van der Waals surface area contributed by atoms with Crippen molar-refractivity contribution < 1.29 is 4.74 Å². The van der Waals surface area contributed by atoms with Crippen LogP contribution >= 0.6 is 0 Å². The summed E-state index contributed by atoms with van der Waals surface area (Å²) in [6.45, 7) is 4.09. The predicted molar refractivity (Wildman–Crippen MR) is 55.0 cm³/mol. The quantitative estimate of drug-likeness (QED) is 0.788. The van der Waals surface area contributed by atoms with Gasteiger partial charge in [-0.25, -0.2) is 0 Å². The summed E-state index contributed by atoms with van der Waals surface area (Å²) in [7, 11) is 0. The number of nitrogens with zero attached hydrogens (tertiary/aromatic N) is 1. The van der Waals surface area contributed by atoms with Gasteiger partial charge in [0.1, 0.15) is 0 Å². The molecule has 0 saturated carbocycles. The predicted octanol–water partition coefficient (Wildman–Crippen LogP) is 1.52. The molecule has 1 aromatic rings. The first-order chi connectivity index (χ1) is 6.86. The van der Waals surface area contributed by atoms with Gasteiger partial charge in [0.05, 0.1) is 17.9 Å². The van der Waals surface area contributed by atoms with Crippen molar-refractivity contribution in [2.45, 2.75) is 25.6 Å². The maximum absolute atomic E-state index is 5.87. The summed E-state index contributed by atoms with van der Waals surface area (Å²) in [5, 5.41) is 3.28. The van der Waals surface area contributed by atoms with Gasteiger partial charge in [0, 0.05) is 12.7 Å². The highest BCUT2D eigenvalue weighted by Gasteiger charge is 2.18. The van der Waals surface area contributed by atoms with Crippen LogP contribution < -0.4 is 5.32 Å². The molecule has 2 rings (SSSR count). The Morgan fingerprint density at radius 2 is 2.50 bits per heavy atom. The van der Waals surface area contributed by atoms with Crippen LogP contribution in [0.15, 0.2) is 24.4 Å². The smallest absolute Gasteiger partial charge is 0.0970 e. The van der Waals surface area contributed by atoms with Crippen molar-refractivity contribution >= 4 is 0 Å². The van der Waals surface area contributed by atoms with Gasteiger partial charge in [0.2, 0.25) is 0 Å². The summed E-state index contributed by atoms with van der Waals surface area (Å²) in [6, 6.07) is 5.93. The first-order valence-electron chi connectivity index (χ1n) is 5.13. The van der Waals surface area contributed by atoms with Crippen molar-refractivity contribution in [3.05, 3.63) is 30.1 Å². The van der Waals surface area contributed by atoms with Gasteiger partial charge in [0.15, 0.2) is 0 Å². The van der Waals surface area contributed by atoms with Crippen LogP contribution in [-0.4, -0.2) is 24.2 Å². The monoisotopic (exact) mass is 192 g/mol. The summed E-state index contributed by atoms with van der Waals surface area (Å²) < 4.78 is 5.87. The SMILES string of the molecule is C[C@H](O[C@H]1CCNC1)c1ccccn1. The lowest BCUT2D eigenvalue weighted by molar-refractivity contribution is 0.00602. The summed E-state index contributed by atoms with van der Waals surface area (Å²) >= 11 is 0. The Balaban J connectivity index is 1.92. The molecule has 1 fully saturated rings. The van der Waals surface area contributed by atoms with E-state index < -0.39 is 0 Å². The lowest BCUT2D eigenvalue weighted by Gasteiger charge is -2.17. The number of ether oxygens (including phenoxy) is 1. The van der Waals surface area contributed by atoms with Crippen LogP contribution in [0.5, 0.6) is 0 Å². The molecule has 1 aromatic heterocycles. The third-order valence-corrected chi connectivity index (χ3v) is 2.52. The van der Waals surface area contributed by atoms with Gasteiger partial charge in [0.25, 0.3) is 0 Å². The van der Waals surface area contributed by atoms with E-state index in [1.54, 1.807) is 0 Å². The minimum Gasteiger partial charge on any atom is -0.368 e. The Bertz CT molecular complexity index is 270. The molecule has 0 bridgehead atoms. The molecule has 0 amide bonds. The van der Waals surface area contributed by atoms with Crippen LogP contribution in [0.1, 0.15) is 25.1 Å². The Morgan fingerprint density at radius 3 is 3.14 bits per heavy atom. The Kier molecular flexibility index (Phi) is 3.11. The lowest BCUT2D eigenvalue weighted by Crippen LogP contribution is -2.18. The van der Waals surface area contributed by atoms with E-state index in [2.05, 4.69) is 17.2 Å². The first-order valence-corrected chi connectivity index (χ1v) is 5.13. The number of hydrogen-bond donors (Lipinski definition) is 1. The van der Waals surface area contributed by atoms with E-state index in [9.17, 15) is 0 Å². The maximum Gasteiger partial charge on any atom is 0.0970 e. The third kappa shape index (κ3) is 2.30. The number of aromatic nitrogens is 1. The molecule has 1 aliphatic heterocycles. The maximum atomic E-state index is 5.87. The zero-order valence-corrected chi connectivity index (χ0v) is 8.44. The van der Waals surface area contributed by atoms with Crippen LogP contribution in [-0.2, 0) is 4.74 Å². The Labute approximate surface area is 84.5 Å². The molecule has 14 heavy (non-hydrogen) atoms. The third-order valence-electron chi connectivity index (χ3n) is 2.52. The van der Waals surface area contributed by atoms with Crippen LogP contribution in [0.2, 0.25) is 0 Å². The molecule has 0 spiro atoms. The van der Waals surface area contributed by atoms with Crippen molar-refractivity contribution in [1.82, 2.24) is 10.3 Å². The second-order valence-corrected chi connectivity index (χ2v) is 3.65. The zero-order valence-electron chi connectivity index (χ0n) is 8.44. The fraction of sp³-hybridized carbons (Fsp3) is 0.545. The van der Waals surface area contributed by atoms with E-state index in [1.165, 1.54) is 0 Å². The van der Waals surface area contributed by atoms with Crippen molar-refractivity contribution in [2.24, 2.45) is 0 Å². The fourth-order valence-electron chi connectivity index (χ4n) is 1.72. The average molecular weight is 192 g/mol. The summed E-state index contributed by atoms with van der Waals surface area (Å²) in [6.07, 6.45) is 3.37. The van der Waals surface area contributed by atoms with Crippen LogP contribution in [0, 0.1) is 0 Å². The first kappa shape index (κ1) is 9.62. The van der Waals surface area contributed by atoms with E-state index in [0.717, 1.165) is 25.2 Å². The highest BCUT2D eigenvalue weighted by atomic mass is 16.5. The average Bonchev–Trinajstić information content (AvgIpc) is 2.72. The second kappa shape index (κ2) is 4.53. The van der Waals surface area contributed by atoms with Gasteiger partial charge in [-0.05, 0) is 32.0 Å². The number of nitrogens with one attached hydrogen (secondary N) is 1. The number of rotatable bonds is 3. The van der Waals surface area contributed by atoms with E-state index in [1.807, 2.05) is 24.4 Å². The van der Waals surface area contributed by atoms with E-state index in [0.29, 0.717) is 6.10 Å². The molecule has 3 nitrogen and oxygen atoms in total. The Hall–Kier alpha value is -0.930. The van der Waals surface area contributed by atoms with Gasteiger partial charge in [-0.2, -0.15) is 0 Å². The van der Waals surface area contributed by atoms with Gasteiger partial charge >= 0.3 is 0 Å². The normalized spacial score (nSPS) is 23.6. The molecular weight excluding hydrogens is 176 g/mol. The van der Waals surface area contributed by atoms with E-state index in [-0.39, 0.29) is 6.10 Å². The van der Waals surface area contributed by atoms with Gasteiger partial charge < -0.3 is 10.1 Å². The van der Waals surface area contributed by atoms with Crippen molar-refractivity contribution in [3.63, 3.8) is 0 Å². The molecule has 2 heterocycles. The molecule has 2 atom stereocenters. The lowest BCUT2D eigenvalue weighted by atomic mass is 10.2. The molecule has 3 heteroatoms. The minimum absolute atomic E-state index is 0.0982. The fourth-order valence-corrected chi connectivity index (χ4v) is 1.72. The molecule has 1 saturated heterocycles. The summed E-state index contributed by atoms with van der Waals surface area (Å²) in [4.78, 5) is 4.28. The minimum atomic E-state index is 0.0982. The molecule has 0 aromatic carbocycles. The van der Waals surface area contributed by atoms with Crippen molar-refractivity contribution in [2.75, 3.05) is 13.1 Å². The highest BCUT2D eigenvalue weighted by molar-refractivity contribution is 5.06. The topological polar surface area (TPSA) is 34.1 Å². The zero-order chi connectivity index (χ0) is 9.80. The molecule has 76 valence electrons.